The lowest BCUT2D eigenvalue weighted by Gasteiger charge is -2.59. The zero-order valence-electron chi connectivity index (χ0n) is 17.7. The predicted octanol–water partition coefficient (Wildman–Crippen LogP) is 1.94. The van der Waals surface area contributed by atoms with E-state index in [4.69, 9.17) is 4.74 Å². The van der Waals surface area contributed by atoms with Gasteiger partial charge in [0.2, 0.25) is 0 Å². The van der Waals surface area contributed by atoms with Crippen LogP contribution in [0.15, 0.2) is 18.2 Å². The number of nitrogens with zero attached hydrogens (tertiary/aromatic N) is 1. The molecule has 6 nitrogen and oxygen atoms in total. The van der Waals surface area contributed by atoms with Gasteiger partial charge in [0.1, 0.15) is 5.75 Å². The van der Waals surface area contributed by atoms with Crippen LogP contribution >= 0.6 is 0 Å². The topological polar surface area (TPSA) is 73.8 Å². The second kappa shape index (κ2) is 5.33. The Balaban J connectivity index is 1.39. The van der Waals surface area contributed by atoms with E-state index in [-0.39, 0.29) is 28.4 Å². The molecule has 5 unspecified atom stereocenters. The van der Waals surface area contributed by atoms with Crippen molar-refractivity contribution < 1.29 is 14.6 Å². The first kappa shape index (κ1) is 17.8. The summed E-state index contributed by atoms with van der Waals surface area (Å²) in [5.41, 5.74) is 1.51. The molecule has 5 atom stereocenters. The number of methoxy groups -OCH3 is 1. The first-order valence-corrected chi connectivity index (χ1v) is 11.6. The Morgan fingerprint density at radius 2 is 2.13 bits per heavy atom. The number of hydrogen-bond donors (Lipinski definition) is 3. The molecule has 7 rings (SSSR count). The van der Waals surface area contributed by atoms with E-state index in [1.54, 1.807) is 7.11 Å². The summed E-state index contributed by atoms with van der Waals surface area (Å²) in [5.74, 6) is 1.70. The molecule has 0 radical (unpaired) electrons. The van der Waals surface area contributed by atoms with Crippen LogP contribution in [-0.2, 0) is 11.8 Å². The van der Waals surface area contributed by atoms with Gasteiger partial charge in [-0.3, -0.25) is 4.90 Å². The average Bonchev–Trinajstić information content (AvgIpc) is 3.43. The number of benzene rings is 1. The zero-order valence-corrected chi connectivity index (χ0v) is 17.7. The molecule has 30 heavy (non-hydrogen) atoms. The predicted molar refractivity (Wildman–Crippen MR) is 112 cm³/mol. The average molecular weight is 410 g/mol. The second-order valence-electron chi connectivity index (χ2n) is 11.3. The van der Waals surface area contributed by atoms with Gasteiger partial charge in [-0.2, -0.15) is 0 Å². The molecule has 1 aromatic rings. The van der Waals surface area contributed by atoms with Gasteiger partial charge in [0.15, 0.2) is 0 Å². The standard InChI is InChI=1S/C24H31N3O3/c1-30-17-5-4-16-9-21-11-23(18(16)8-17)12-22(13-25-20(28)26-22)6-7-24(23,29)19(21)27(14-21)10-15-2-3-15/h4-5,8,15,19,29H,2-3,6-7,9-14H2,1H3,(H2,25,26,28). The first-order chi connectivity index (χ1) is 14.4. The first-order valence-electron chi connectivity index (χ1n) is 11.6. The number of rotatable bonds is 3. The van der Waals surface area contributed by atoms with Crippen LogP contribution < -0.4 is 15.4 Å². The Hall–Kier alpha value is -1.79. The minimum Gasteiger partial charge on any atom is -0.497 e. The van der Waals surface area contributed by atoms with Crippen molar-refractivity contribution in [3.05, 3.63) is 29.3 Å². The largest absolute Gasteiger partial charge is 0.497 e. The number of ether oxygens (including phenoxy) is 1. The van der Waals surface area contributed by atoms with Gasteiger partial charge in [-0.25, -0.2) is 4.79 Å². The van der Waals surface area contributed by atoms with Crippen LogP contribution in [0.5, 0.6) is 5.75 Å². The molecule has 3 saturated carbocycles. The molecule has 2 aliphatic heterocycles. The minimum absolute atomic E-state index is 0.0652. The van der Waals surface area contributed by atoms with Crippen LogP contribution in [0.2, 0.25) is 0 Å². The van der Waals surface area contributed by atoms with E-state index in [0.29, 0.717) is 6.54 Å². The molecule has 2 heterocycles. The third-order valence-corrected chi connectivity index (χ3v) is 9.55. The van der Waals surface area contributed by atoms with Crippen molar-refractivity contribution in [3.8, 4) is 5.75 Å². The molecule has 3 spiro atoms. The lowest BCUT2D eigenvalue weighted by molar-refractivity contribution is -0.161. The molecule has 2 amide bonds. The van der Waals surface area contributed by atoms with E-state index < -0.39 is 5.60 Å². The normalized spacial score (nSPS) is 45.8. The number of hydrogen-bond acceptors (Lipinski definition) is 4. The second-order valence-corrected chi connectivity index (χ2v) is 11.3. The van der Waals surface area contributed by atoms with Crippen LogP contribution in [0.25, 0.3) is 0 Å². The van der Waals surface area contributed by atoms with Gasteiger partial charge in [-0.1, -0.05) is 6.07 Å². The number of likely N-dealkylation sites (tertiary alicyclic amines) is 1. The Kier molecular flexibility index (Phi) is 3.17. The van der Waals surface area contributed by atoms with Crippen molar-refractivity contribution in [2.45, 2.75) is 67.5 Å². The van der Waals surface area contributed by atoms with Crippen LogP contribution in [-0.4, -0.2) is 60.0 Å². The van der Waals surface area contributed by atoms with Gasteiger partial charge in [-0.15, -0.1) is 0 Å². The molecular formula is C24H31N3O3. The molecule has 1 aromatic carbocycles. The number of fused-ring (bicyclic) bond motifs is 2. The summed E-state index contributed by atoms with van der Waals surface area (Å²) in [6.07, 6.45) is 7.17. The molecule has 6 aliphatic rings. The lowest BCUT2D eigenvalue weighted by Crippen LogP contribution is -2.72. The molecule has 5 fully saturated rings. The zero-order chi connectivity index (χ0) is 20.4. The van der Waals surface area contributed by atoms with Gasteiger partial charge in [0.25, 0.3) is 0 Å². The van der Waals surface area contributed by atoms with Crippen molar-refractivity contribution >= 4 is 6.03 Å². The maximum atomic E-state index is 12.6. The van der Waals surface area contributed by atoms with Crippen molar-refractivity contribution in [1.82, 2.24) is 15.5 Å². The fourth-order valence-electron chi connectivity index (χ4n) is 8.46. The molecular weight excluding hydrogens is 378 g/mol. The third-order valence-electron chi connectivity index (χ3n) is 9.55. The Bertz CT molecular complexity index is 963. The highest BCUT2D eigenvalue weighted by atomic mass is 16.5. The maximum Gasteiger partial charge on any atom is 0.315 e. The van der Waals surface area contributed by atoms with Gasteiger partial charge >= 0.3 is 6.03 Å². The van der Waals surface area contributed by atoms with E-state index in [1.165, 1.54) is 24.0 Å². The molecule has 3 N–H and O–H groups in total. The number of carbonyl (C=O) groups is 1. The summed E-state index contributed by atoms with van der Waals surface area (Å²) in [6, 6.07) is 6.67. The number of amides is 2. The number of aliphatic hydroxyl groups is 1. The summed E-state index contributed by atoms with van der Waals surface area (Å²) in [5, 5.41) is 18.8. The molecule has 2 bridgehead atoms. The lowest BCUT2D eigenvalue weighted by atomic mass is 9.54. The number of nitrogens with one attached hydrogen (secondary N) is 2. The van der Waals surface area contributed by atoms with Crippen LogP contribution in [0.4, 0.5) is 4.79 Å². The fourth-order valence-corrected chi connectivity index (χ4v) is 8.46. The Labute approximate surface area is 177 Å². The molecule has 4 aliphatic carbocycles. The molecule has 160 valence electrons. The fraction of sp³-hybridized carbons (Fsp3) is 0.708. The molecule has 2 saturated heterocycles. The SMILES string of the molecule is COc1ccc2c(c1)C13CC4(CCC1(O)C1N(CC5CC5)CC1(C2)C3)CNC(=O)N4. The van der Waals surface area contributed by atoms with Crippen LogP contribution in [0.1, 0.15) is 49.7 Å². The summed E-state index contributed by atoms with van der Waals surface area (Å²) in [6.45, 7) is 2.92. The monoisotopic (exact) mass is 409 g/mol. The van der Waals surface area contributed by atoms with E-state index in [1.807, 2.05) is 0 Å². The highest BCUT2D eigenvalue weighted by Gasteiger charge is 2.79. The van der Waals surface area contributed by atoms with Crippen molar-refractivity contribution in [2.75, 3.05) is 26.7 Å². The van der Waals surface area contributed by atoms with Crippen molar-refractivity contribution in [1.29, 1.82) is 0 Å². The minimum atomic E-state index is -0.740. The maximum absolute atomic E-state index is 12.6. The van der Waals surface area contributed by atoms with E-state index in [2.05, 4.69) is 33.7 Å². The Morgan fingerprint density at radius 3 is 2.87 bits per heavy atom. The van der Waals surface area contributed by atoms with Gasteiger partial charge < -0.3 is 20.5 Å². The summed E-state index contributed by atoms with van der Waals surface area (Å²) >= 11 is 0. The molecule has 6 heteroatoms. The smallest absolute Gasteiger partial charge is 0.315 e. The van der Waals surface area contributed by atoms with Gasteiger partial charge in [0, 0.05) is 36.5 Å². The van der Waals surface area contributed by atoms with E-state index >= 15 is 0 Å². The van der Waals surface area contributed by atoms with Gasteiger partial charge in [0.05, 0.1) is 18.2 Å². The summed E-state index contributed by atoms with van der Waals surface area (Å²) < 4.78 is 5.61. The van der Waals surface area contributed by atoms with Crippen LogP contribution in [0, 0.1) is 11.3 Å². The quantitative estimate of drug-likeness (QED) is 0.713. The number of carbonyl (C=O) groups excluding carboxylic acids is 1. The highest BCUT2D eigenvalue weighted by molar-refractivity contribution is 5.78. The van der Waals surface area contributed by atoms with E-state index in [9.17, 15) is 9.90 Å². The van der Waals surface area contributed by atoms with E-state index in [0.717, 1.165) is 56.9 Å². The summed E-state index contributed by atoms with van der Waals surface area (Å²) in [7, 11) is 1.72. The van der Waals surface area contributed by atoms with Crippen LogP contribution in [0.3, 0.4) is 0 Å². The third kappa shape index (κ3) is 2.00. The van der Waals surface area contributed by atoms with Crippen molar-refractivity contribution in [2.24, 2.45) is 11.3 Å². The van der Waals surface area contributed by atoms with Gasteiger partial charge in [-0.05, 0) is 74.1 Å². The summed E-state index contributed by atoms with van der Waals surface area (Å²) in [4.78, 5) is 14.7. The highest BCUT2D eigenvalue weighted by Crippen LogP contribution is 2.72. The van der Waals surface area contributed by atoms with Crippen molar-refractivity contribution in [3.63, 3.8) is 0 Å². The Morgan fingerprint density at radius 1 is 1.27 bits per heavy atom. The number of urea groups is 1. The molecule has 0 aromatic heterocycles.